The van der Waals surface area contributed by atoms with E-state index in [9.17, 15) is 8.42 Å². The number of hydrogen-bond acceptors (Lipinski definition) is 3. The maximum Gasteiger partial charge on any atom is 0.230 e. The molecule has 0 spiro atoms. The van der Waals surface area contributed by atoms with Crippen LogP contribution in [-0.2, 0) is 10.0 Å². The van der Waals surface area contributed by atoms with Gasteiger partial charge in [0, 0.05) is 18.1 Å². The molecule has 0 saturated carbocycles. The van der Waals surface area contributed by atoms with Crippen LogP contribution in [0.4, 0.5) is 0 Å². The number of sulfonamides is 1. The predicted molar refractivity (Wildman–Crippen MR) is 71.6 cm³/mol. The molecule has 0 radical (unpaired) electrons. The lowest BCUT2D eigenvalue weighted by molar-refractivity contribution is 0.396. The molecule has 18 heavy (non-hydrogen) atoms. The van der Waals surface area contributed by atoms with E-state index < -0.39 is 15.3 Å². The summed E-state index contributed by atoms with van der Waals surface area (Å²) in [6.07, 6.45) is 0. The normalized spacial score (nSPS) is 15.1. The van der Waals surface area contributed by atoms with Gasteiger partial charge in [-0.25, -0.2) is 8.42 Å². The van der Waals surface area contributed by atoms with E-state index >= 15 is 0 Å². The van der Waals surface area contributed by atoms with Crippen LogP contribution < -0.4 is 0 Å². The van der Waals surface area contributed by atoms with Crippen LogP contribution in [0.2, 0.25) is 5.02 Å². The molecule has 0 aromatic heterocycles. The lowest BCUT2D eigenvalue weighted by Crippen LogP contribution is -2.35. The lowest BCUT2D eigenvalue weighted by Gasteiger charge is -2.25. The van der Waals surface area contributed by atoms with Gasteiger partial charge < -0.3 is 0 Å². The van der Waals surface area contributed by atoms with E-state index in [4.69, 9.17) is 16.9 Å². The van der Waals surface area contributed by atoms with Gasteiger partial charge in [-0.2, -0.15) is 9.57 Å². The third-order valence-electron chi connectivity index (χ3n) is 2.91. The van der Waals surface area contributed by atoms with Crippen LogP contribution in [0.5, 0.6) is 0 Å². The van der Waals surface area contributed by atoms with Crippen LogP contribution in [0.3, 0.4) is 0 Å². The third-order valence-corrected chi connectivity index (χ3v) is 5.26. The van der Waals surface area contributed by atoms with Gasteiger partial charge in [-0.1, -0.05) is 23.7 Å². The molecule has 0 N–H and O–H groups in total. The van der Waals surface area contributed by atoms with Gasteiger partial charge in [0.2, 0.25) is 10.0 Å². The van der Waals surface area contributed by atoms with Gasteiger partial charge in [-0.05, 0) is 31.5 Å². The first-order valence-corrected chi connectivity index (χ1v) is 7.30. The monoisotopic (exact) mass is 286 g/mol. The van der Waals surface area contributed by atoms with Gasteiger partial charge in [0.25, 0.3) is 0 Å². The van der Waals surface area contributed by atoms with Crippen LogP contribution in [0.15, 0.2) is 24.3 Å². The number of nitriles is 1. The highest BCUT2D eigenvalue weighted by Crippen LogP contribution is 2.25. The molecule has 0 amide bonds. The summed E-state index contributed by atoms with van der Waals surface area (Å²) in [6.45, 7) is 3.13. The second-order valence-corrected chi connectivity index (χ2v) is 6.81. The predicted octanol–water partition coefficient (Wildman–Crippen LogP) is 2.57. The van der Waals surface area contributed by atoms with Crippen LogP contribution in [0.25, 0.3) is 0 Å². The maximum atomic E-state index is 12.0. The molecular weight excluding hydrogens is 272 g/mol. The molecule has 98 valence electrons. The number of hydrogen-bond donors (Lipinski definition) is 0. The Bertz CT molecular complexity index is 566. The summed E-state index contributed by atoms with van der Waals surface area (Å²) in [7, 11) is -2.15. The van der Waals surface area contributed by atoms with E-state index in [1.54, 1.807) is 37.3 Å². The summed E-state index contributed by atoms with van der Waals surface area (Å²) in [5.74, 6) is 0. The standard InChI is InChI=1S/C12H15ClN2O2S/c1-9(8-14)18(16,17)15(3)10(2)11-5-4-6-12(13)7-11/h4-7,9-10H,1-3H3. The van der Waals surface area contributed by atoms with E-state index in [-0.39, 0.29) is 6.04 Å². The quantitative estimate of drug-likeness (QED) is 0.855. The van der Waals surface area contributed by atoms with Crippen molar-refractivity contribution in [1.29, 1.82) is 5.26 Å². The fourth-order valence-electron chi connectivity index (χ4n) is 1.51. The molecule has 2 unspecified atom stereocenters. The van der Waals surface area contributed by atoms with Gasteiger partial charge in [-0.15, -0.1) is 0 Å². The van der Waals surface area contributed by atoms with Gasteiger partial charge in [-0.3, -0.25) is 0 Å². The van der Waals surface area contributed by atoms with Crippen molar-refractivity contribution in [3.05, 3.63) is 34.9 Å². The Morgan fingerprint density at radius 2 is 2.00 bits per heavy atom. The summed E-state index contributed by atoms with van der Waals surface area (Å²) >= 11 is 5.88. The van der Waals surface area contributed by atoms with Crippen molar-refractivity contribution in [2.75, 3.05) is 7.05 Å². The van der Waals surface area contributed by atoms with Gasteiger partial charge in [0.15, 0.2) is 5.25 Å². The van der Waals surface area contributed by atoms with Crippen molar-refractivity contribution in [3.63, 3.8) is 0 Å². The first kappa shape index (κ1) is 15.0. The zero-order chi connectivity index (χ0) is 13.9. The largest absolute Gasteiger partial charge is 0.230 e. The molecule has 1 aromatic rings. The molecule has 0 heterocycles. The smallest absolute Gasteiger partial charge is 0.211 e. The average Bonchev–Trinajstić information content (AvgIpc) is 2.35. The van der Waals surface area contributed by atoms with Gasteiger partial charge >= 0.3 is 0 Å². The van der Waals surface area contributed by atoms with Crippen molar-refractivity contribution in [3.8, 4) is 6.07 Å². The Balaban J connectivity index is 3.06. The first-order chi connectivity index (χ1) is 8.30. The Morgan fingerprint density at radius 1 is 1.39 bits per heavy atom. The molecule has 0 bridgehead atoms. The third kappa shape index (κ3) is 3.02. The fraction of sp³-hybridized carbons (Fsp3) is 0.417. The van der Waals surface area contributed by atoms with Crippen LogP contribution in [-0.4, -0.2) is 25.0 Å². The molecule has 0 aliphatic rings. The van der Waals surface area contributed by atoms with Gasteiger partial charge in [0.05, 0.1) is 6.07 Å². The Kier molecular flexibility index (Phi) is 4.74. The molecular formula is C12H15ClN2O2S. The highest BCUT2D eigenvalue weighted by atomic mass is 35.5. The molecule has 1 aromatic carbocycles. The van der Waals surface area contributed by atoms with Crippen molar-refractivity contribution in [2.45, 2.75) is 25.1 Å². The summed E-state index contributed by atoms with van der Waals surface area (Å²) in [5, 5.41) is 8.23. The van der Waals surface area contributed by atoms with Gasteiger partial charge in [0.1, 0.15) is 0 Å². The first-order valence-electron chi connectivity index (χ1n) is 5.42. The zero-order valence-electron chi connectivity index (χ0n) is 10.5. The fourth-order valence-corrected chi connectivity index (χ4v) is 2.91. The summed E-state index contributed by atoms with van der Waals surface area (Å²) in [5.41, 5.74) is 0.790. The number of benzene rings is 1. The number of rotatable bonds is 4. The van der Waals surface area contributed by atoms with Crippen molar-refractivity contribution in [2.24, 2.45) is 0 Å². The van der Waals surface area contributed by atoms with E-state index in [2.05, 4.69) is 0 Å². The van der Waals surface area contributed by atoms with E-state index in [0.29, 0.717) is 5.02 Å². The lowest BCUT2D eigenvalue weighted by atomic mass is 10.1. The van der Waals surface area contributed by atoms with E-state index in [1.165, 1.54) is 18.3 Å². The summed E-state index contributed by atoms with van der Waals surface area (Å²) in [6, 6.07) is 8.39. The minimum absolute atomic E-state index is 0.371. The topological polar surface area (TPSA) is 61.2 Å². The molecule has 0 fully saturated rings. The van der Waals surface area contributed by atoms with Crippen LogP contribution in [0, 0.1) is 11.3 Å². The van der Waals surface area contributed by atoms with Crippen molar-refractivity contribution < 1.29 is 8.42 Å². The molecule has 0 aliphatic heterocycles. The summed E-state index contributed by atoms with van der Waals surface area (Å²) < 4.78 is 25.3. The molecule has 2 atom stereocenters. The Morgan fingerprint density at radius 3 is 2.50 bits per heavy atom. The molecule has 0 aliphatic carbocycles. The summed E-state index contributed by atoms with van der Waals surface area (Å²) in [4.78, 5) is 0. The molecule has 0 saturated heterocycles. The highest BCUT2D eigenvalue weighted by Gasteiger charge is 2.29. The maximum absolute atomic E-state index is 12.0. The van der Waals surface area contributed by atoms with E-state index in [1.807, 2.05) is 0 Å². The second-order valence-electron chi connectivity index (χ2n) is 4.06. The number of nitrogens with zero attached hydrogens (tertiary/aromatic N) is 2. The SMILES string of the molecule is CC(c1cccc(Cl)c1)N(C)S(=O)(=O)C(C)C#N. The van der Waals surface area contributed by atoms with Crippen LogP contribution in [0.1, 0.15) is 25.5 Å². The Labute approximate surface area is 113 Å². The van der Waals surface area contributed by atoms with Crippen molar-refractivity contribution >= 4 is 21.6 Å². The highest BCUT2D eigenvalue weighted by molar-refractivity contribution is 7.89. The number of halogens is 1. The van der Waals surface area contributed by atoms with Crippen molar-refractivity contribution in [1.82, 2.24) is 4.31 Å². The zero-order valence-corrected chi connectivity index (χ0v) is 12.0. The Hall–Kier alpha value is -1.09. The minimum atomic E-state index is -3.62. The minimum Gasteiger partial charge on any atom is -0.211 e. The van der Waals surface area contributed by atoms with Crippen LogP contribution >= 0.6 is 11.6 Å². The molecule has 4 nitrogen and oxygen atoms in total. The average molecular weight is 287 g/mol. The molecule has 1 rings (SSSR count). The molecule has 6 heteroatoms. The van der Waals surface area contributed by atoms with E-state index in [0.717, 1.165) is 5.56 Å². The second kappa shape index (κ2) is 5.70.